The van der Waals surface area contributed by atoms with Crippen molar-refractivity contribution in [3.8, 4) is 5.75 Å². The average Bonchev–Trinajstić information content (AvgIpc) is 2.18. The van der Waals surface area contributed by atoms with Crippen LogP contribution < -0.4 is 10.5 Å². The summed E-state index contributed by atoms with van der Waals surface area (Å²) < 4.78 is 4.71. The summed E-state index contributed by atoms with van der Waals surface area (Å²) in [7, 11) is 0. The number of nitrogens with two attached hydrogens (primary N) is 1. The molecule has 1 rings (SSSR count). The summed E-state index contributed by atoms with van der Waals surface area (Å²) >= 11 is 0. The predicted molar refractivity (Wildman–Crippen MR) is 47.8 cm³/mol. The highest BCUT2D eigenvalue weighted by molar-refractivity contribution is 5.74. The van der Waals surface area contributed by atoms with Crippen LogP contribution >= 0.6 is 0 Å². The highest BCUT2D eigenvalue weighted by Gasteiger charge is 2.06. The molecule has 1 aromatic carbocycles. The summed E-state index contributed by atoms with van der Waals surface area (Å²) in [6.45, 7) is -0.225. The van der Waals surface area contributed by atoms with Crippen LogP contribution in [0.15, 0.2) is 24.3 Å². The molecular weight excluding hydrogens is 188 g/mol. The third kappa shape index (κ3) is 2.53. The Morgan fingerprint density at radius 1 is 1.43 bits per heavy atom. The van der Waals surface area contributed by atoms with Gasteiger partial charge in [-0.15, -0.1) is 0 Å². The number of nitro benzene ring substituents is 1. The number of hydrogen-bond donors (Lipinski definition) is 1. The molecule has 0 heterocycles. The van der Waals surface area contributed by atoms with E-state index in [1.807, 2.05) is 0 Å². The second kappa shape index (κ2) is 4.33. The van der Waals surface area contributed by atoms with Crippen LogP contribution in [0.3, 0.4) is 0 Å². The molecule has 0 spiro atoms. The maximum Gasteiger partial charge on any atom is 0.325 e. The summed E-state index contributed by atoms with van der Waals surface area (Å²) in [5, 5.41) is 10.3. The SMILES string of the molecule is NCC(=O)Oc1ccc([N+](=O)[O-])cc1. The van der Waals surface area contributed by atoms with Crippen molar-refractivity contribution in [2.45, 2.75) is 0 Å². The first-order valence-corrected chi connectivity index (χ1v) is 3.78. The van der Waals surface area contributed by atoms with Crippen LogP contribution in [0.1, 0.15) is 0 Å². The molecule has 0 saturated carbocycles. The van der Waals surface area contributed by atoms with Gasteiger partial charge in [-0.25, -0.2) is 0 Å². The lowest BCUT2D eigenvalue weighted by atomic mass is 10.3. The Bertz CT molecular complexity index is 347. The molecule has 6 heteroatoms. The van der Waals surface area contributed by atoms with Crippen molar-refractivity contribution in [3.05, 3.63) is 34.4 Å². The normalized spacial score (nSPS) is 9.50. The molecule has 0 atom stereocenters. The number of rotatable bonds is 3. The van der Waals surface area contributed by atoms with Gasteiger partial charge in [-0.1, -0.05) is 0 Å². The van der Waals surface area contributed by atoms with Crippen LogP contribution in [-0.4, -0.2) is 17.4 Å². The van der Waals surface area contributed by atoms with Crippen LogP contribution in [0.5, 0.6) is 5.75 Å². The van der Waals surface area contributed by atoms with Gasteiger partial charge >= 0.3 is 5.97 Å². The van der Waals surface area contributed by atoms with Crippen LogP contribution in [0.2, 0.25) is 0 Å². The molecular formula is C8H8N2O4. The number of carbonyl (C=O) groups is 1. The Hall–Kier alpha value is -1.95. The average molecular weight is 196 g/mol. The van der Waals surface area contributed by atoms with Gasteiger partial charge in [0.2, 0.25) is 0 Å². The Kier molecular flexibility index (Phi) is 3.14. The summed E-state index contributed by atoms with van der Waals surface area (Å²) in [6.07, 6.45) is 0. The topological polar surface area (TPSA) is 95.5 Å². The van der Waals surface area contributed by atoms with Crippen molar-refractivity contribution in [1.29, 1.82) is 0 Å². The second-order valence-corrected chi connectivity index (χ2v) is 2.43. The van der Waals surface area contributed by atoms with Crippen molar-refractivity contribution >= 4 is 11.7 Å². The van der Waals surface area contributed by atoms with Gasteiger partial charge in [0.1, 0.15) is 5.75 Å². The van der Waals surface area contributed by atoms with Gasteiger partial charge in [-0.05, 0) is 12.1 Å². The van der Waals surface area contributed by atoms with Crippen LogP contribution in [-0.2, 0) is 4.79 Å². The van der Waals surface area contributed by atoms with E-state index in [2.05, 4.69) is 0 Å². The van der Waals surface area contributed by atoms with Gasteiger partial charge in [-0.3, -0.25) is 14.9 Å². The largest absolute Gasteiger partial charge is 0.426 e. The van der Waals surface area contributed by atoms with Gasteiger partial charge in [0, 0.05) is 12.1 Å². The van der Waals surface area contributed by atoms with Gasteiger partial charge < -0.3 is 10.5 Å². The van der Waals surface area contributed by atoms with Gasteiger partial charge in [0.15, 0.2) is 0 Å². The minimum Gasteiger partial charge on any atom is -0.426 e. The lowest BCUT2D eigenvalue weighted by Gasteiger charge is -2.00. The third-order valence-corrected chi connectivity index (χ3v) is 1.45. The fourth-order valence-electron chi connectivity index (χ4n) is 0.809. The summed E-state index contributed by atoms with van der Waals surface area (Å²) in [6, 6.07) is 5.18. The summed E-state index contributed by atoms with van der Waals surface area (Å²) in [4.78, 5) is 20.5. The molecule has 0 saturated heterocycles. The molecule has 1 aromatic rings. The van der Waals surface area contributed by atoms with Gasteiger partial charge in [-0.2, -0.15) is 0 Å². The quantitative estimate of drug-likeness (QED) is 0.328. The van der Waals surface area contributed by atoms with Crippen molar-refractivity contribution in [2.75, 3.05) is 6.54 Å². The van der Waals surface area contributed by atoms with Crippen molar-refractivity contribution in [1.82, 2.24) is 0 Å². The van der Waals surface area contributed by atoms with Crippen LogP contribution in [0.25, 0.3) is 0 Å². The second-order valence-electron chi connectivity index (χ2n) is 2.43. The first-order valence-electron chi connectivity index (χ1n) is 3.78. The number of benzene rings is 1. The molecule has 0 aliphatic rings. The highest BCUT2D eigenvalue weighted by atomic mass is 16.6. The Morgan fingerprint density at radius 3 is 2.43 bits per heavy atom. The Labute approximate surface area is 79.4 Å². The molecule has 0 fully saturated rings. The Morgan fingerprint density at radius 2 is 2.00 bits per heavy atom. The van der Waals surface area contributed by atoms with E-state index in [9.17, 15) is 14.9 Å². The molecule has 74 valence electrons. The molecule has 0 amide bonds. The van der Waals surface area contributed by atoms with Gasteiger partial charge in [0.05, 0.1) is 11.5 Å². The molecule has 0 aliphatic heterocycles. The zero-order valence-corrected chi connectivity index (χ0v) is 7.17. The zero-order valence-electron chi connectivity index (χ0n) is 7.17. The Balaban J connectivity index is 2.73. The van der Waals surface area contributed by atoms with Crippen molar-refractivity contribution < 1.29 is 14.5 Å². The number of esters is 1. The summed E-state index contributed by atoms with van der Waals surface area (Å²) in [5.74, 6) is -0.343. The number of nitrogens with zero attached hydrogens (tertiary/aromatic N) is 1. The van der Waals surface area contributed by atoms with Crippen LogP contribution in [0.4, 0.5) is 5.69 Å². The highest BCUT2D eigenvalue weighted by Crippen LogP contribution is 2.17. The lowest BCUT2D eigenvalue weighted by molar-refractivity contribution is -0.384. The van der Waals surface area contributed by atoms with Crippen molar-refractivity contribution in [2.24, 2.45) is 5.73 Å². The molecule has 6 nitrogen and oxygen atoms in total. The fourth-order valence-corrected chi connectivity index (χ4v) is 0.809. The van der Waals surface area contributed by atoms with Crippen LogP contribution in [0, 0.1) is 10.1 Å². The monoisotopic (exact) mass is 196 g/mol. The number of carbonyl (C=O) groups excluding carboxylic acids is 1. The molecule has 14 heavy (non-hydrogen) atoms. The van der Waals surface area contributed by atoms with E-state index in [4.69, 9.17) is 10.5 Å². The summed E-state index contributed by atoms with van der Waals surface area (Å²) in [5.41, 5.74) is 4.96. The van der Waals surface area contributed by atoms with E-state index in [-0.39, 0.29) is 18.0 Å². The molecule has 0 aromatic heterocycles. The number of nitro groups is 1. The third-order valence-electron chi connectivity index (χ3n) is 1.45. The van der Waals surface area contributed by atoms with E-state index in [0.29, 0.717) is 0 Å². The maximum absolute atomic E-state index is 10.7. The fraction of sp³-hybridized carbons (Fsp3) is 0.125. The first-order chi connectivity index (χ1) is 6.63. The molecule has 2 N–H and O–H groups in total. The van der Waals surface area contributed by atoms with E-state index >= 15 is 0 Å². The lowest BCUT2D eigenvalue weighted by Crippen LogP contribution is -2.19. The molecule has 0 bridgehead atoms. The minimum atomic E-state index is -0.584. The van der Waals surface area contributed by atoms with E-state index < -0.39 is 10.9 Å². The van der Waals surface area contributed by atoms with E-state index in [1.54, 1.807) is 0 Å². The smallest absolute Gasteiger partial charge is 0.325 e. The molecule has 0 radical (unpaired) electrons. The number of ether oxygens (including phenoxy) is 1. The minimum absolute atomic E-state index is 0.0578. The van der Waals surface area contributed by atoms with E-state index in [0.717, 1.165) is 0 Å². The first kappa shape index (κ1) is 10.1. The zero-order chi connectivity index (χ0) is 10.6. The number of hydrogen-bond acceptors (Lipinski definition) is 5. The standard InChI is InChI=1S/C8H8N2O4/c9-5-8(11)14-7-3-1-6(2-4-7)10(12)13/h1-4H,5,9H2. The van der Waals surface area contributed by atoms with E-state index in [1.165, 1.54) is 24.3 Å². The molecule has 0 unspecified atom stereocenters. The van der Waals surface area contributed by atoms with Crippen molar-refractivity contribution in [3.63, 3.8) is 0 Å². The number of non-ortho nitro benzene ring substituents is 1. The molecule has 0 aliphatic carbocycles. The van der Waals surface area contributed by atoms with Gasteiger partial charge in [0.25, 0.3) is 5.69 Å². The predicted octanol–water partition coefficient (Wildman–Crippen LogP) is 0.459. The maximum atomic E-state index is 10.7.